The van der Waals surface area contributed by atoms with Crippen LogP contribution in [-0.4, -0.2) is 71.5 Å². The highest BCUT2D eigenvalue weighted by Crippen LogP contribution is 2.30. The van der Waals surface area contributed by atoms with Gasteiger partial charge in [0.05, 0.1) is 16.9 Å². The number of likely N-dealkylation sites (tertiary alicyclic amines) is 1. The van der Waals surface area contributed by atoms with E-state index in [4.69, 9.17) is 9.97 Å². The maximum Gasteiger partial charge on any atom is 0.236 e. The molecule has 0 bridgehead atoms. The SMILES string of the molecule is CC1CC(C)CN(C(=O)CN2CCN(c3nc(-c4cccs4)nc4ccccc34)CC2)C1. The standard InChI is InChI=1S/C25H31N5OS/c1-18-14-19(2)16-30(15-18)23(31)17-28-9-11-29(12-10-28)25-20-6-3-4-7-21(20)26-24(27-25)22-8-5-13-32-22/h3-8,13,18-19H,9-12,14-17H2,1-2H3. The van der Waals surface area contributed by atoms with E-state index >= 15 is 0 Å². The Labute approximate surface area is 193 Å². The van der Waals surface area contributed by atoms with Gasteiger partial charge in [0.15, 0.2) is 5.82 Å². The predicted molar refractivity (Wildman–Crippen MR) is 131 cm³/mol. The minimum absolute atomic E-state index is 0.282. The Morgan fingerprint density at radius 1 is 1.00 bits per heavy atom. The molecule has 0 radical (unpaired) electrons. The molecule has 2 aromatic heterocycles. The second kappa shape index (κ2) is 9.16. The number of para-hydroxylation sites is 1. The van der Waals surface area contributed by atoms with Crippen LogP contribution in [0.2, 0.25) is 0 Å². The van der Waals surface area contributed by atoms with E-state index in [1.807, 2.05) is 12.1 Å². The highest BCUT2D eigenvalue weighted by atomic mass is 32.1. The molecule has 32 heavy (non-hydrogen) atoms. The van der Waals surface area contributed by atoms with Crippen molar-refractivity contribution >= 4 is 34.0 Å². The van der Waals surface area contributed by atoms with Gasteiger partial charge < -0.3 is 9.80 Å². The van der Waals surface area contributed by atoms with Gasteiger partial charge in [-0.05, 0) is 41.8 Å². The number of fused-ring (bicyclic) bond motifs is 1. The molecular weight excluding hydrogens is 418 g/mol. The summed E-state index contributed by atoms with van der Waals surface area (Å²) in [6.45, 7) is 10.3. The van der Waals surface area contributed by atoms with Crippen molar-refractivity contribution in [2.45, 2.75) is 20.3 Å². The zero-order valence-corrected chi connectivity index (χ0v) is 19.7. The number of piperazine rings is 1. The van der Waals surface area contributed by atoms with Gasteiger partial charge in [-0.3, -0.25) is 9.69 Å². The van der Waals surface area contributed by atoms with Crippen LogP contribution < -0.4 is 4.90 Å². The molecule has 0 saturated carbocycles. The summed E-state index contributed by atoms with van der Waals surface area (Å²) in [7, 11) is 0. The number of hydrogen-bond donors (Lipinski definition) is 0. The molecule has 2 unspecified atom stereocenters. The molecule has 0 N–H and O–H groups in total. The molecule has 7 heteroatoms. The number of carbonyl (C=O) groups is 1. The lowest BCUT2D eigenvalue weighted by Gasteiger charge is -2.39. The fourth-order valence-electron chi connectivity index (χ4n) is 5.09. The van der Waals surface area contributed by atoms with Gasteiger partial charge in [-0.25, -0.2) is 9.97 Å². The smallest absolute Gasteiger partial charge is 0.236 e. The number of thiophene rings is 1. The van der Waals surface area contributed by atoms with Crippen LogP contribution in [0.4, 0.5) is 5.82 Å². The highest BCUT2D eigenvalue weighted by Gasteiger charge is 2.28. The van der Waals surface area contributed by atoms with Crippen molar-refractivity contribution in [2.75, 3.05) is 50.7 Å². The average molecular weight is 450 g/mol. The lowest BCUT2D eigenvalue weighted by atomic mass is 9.92. The Hall–Kier alpha value is -2.51. The zero-order chi connectivity index (χ0) is 22.1. The number of aromatic nitrogens is 2. The minimum atomic E-state index is 0.282. The lowest BCUT2D eigenvalue weighted by Crippen LogP contribution is -2.52. The molecular formula is C25H31N5OS. The van der Waals surface area contributed by atoms with Crippen LogP contribution in [0.15, 0.2) is 41.8 Å². The summed E-state index contributed by atoms with van der Waals surface area (Å²) in [6, 6.07) is 12.4. The summed E-state index contributed by atoms with van der Waals surface area (Å²) >= 11 is 1.67. The highest BCUT2D eigenvalue weighted by molar-refractivity contribution is 7.13. The molecule has 0 spiro atoms. The molecule has 1 aromatic carbocycles. The van der Waals surface area contributed by atoms with Crippen molar-refractivity contribution in [3.05, 3.63) is 41.8 Å². The number of carbonyl (C=O) groups excluding carboxylic acids is 1. The van der Waals surface area contributed by atoms with Crippen molar-refractivity contribution in [2.24, 2.45) is 11.8 Å². The van der Waals surface area contributed by atoms with Gasteiger partial charge >= 0.3 is 0 Å². The first-order valence-corrected chi connectivity index (χ1v) is 12.5. The zero-order valence-electron chi connectivity index (χ0n) is 18.9. The summed E-state index contributed by atoms with van der Waals surface area (Å²) in [6.07, 6.45) is 1.23. The molecule has 5 rings (SSSR count). The van der Waals surface area contributed by atoms with Gasteiger partial charge in [0.25, 0.3) is 0 Å². The van der Waals surface area contributed by atoms with Crippen molar-refractivity contribution < 1.29 is 4.79 Å². The van der Waals surface area contributed by atoms with Crippen LogP contribution in [0.5, 0.6) is 0 Å². The topological polar surface area (TPSA) is 52.6 Å². The van der Waals surface area contributed by atoms with Crippen LogP contribution in [0.25, 0.3) is 21.6 Å². The summed E-state index contributed by atoms with van der Waals surface area (Å²) in [4.78, 5) is 30.5. The molecule has 168 valence electrons. The van der Waals surface area contributed by atoms with Crippen LogP contribution in [0.1, 0.15) is 20.3 Å². The van der Waals surface area contributed by atoms with Gasteiger partial charge in [-0.1, -0.05) is 32.0 Å². The molecule has 2 fully saturated rings. The molecule has 2 atom stereocenters. The largest absolute Gasteiger partial charge is 0.353 e. The number of piperidine rings is 1. The Morgan fingerprint density at radius 2 is 1.75 bits per heavy atom. The Kier molecular flexibility index (Phi) is 6.11. The van der Waals surface area contributed by atoms with Crippen molar-refractivity contribution in [1.82, 2.24) is 19.8 Å². The average Bonchev–Trinajstić information content (AvgIpc) is 3.33. The molecule has 6 nitrogen and oxygen atoms in total. The van der Waals surface area contributed by atoms with E-state index in [2.05, 4.69) is 58.2 Å². The van der Waals surface area contributed by atoms with E-state index in [9.17, 15) is 4.79 Å². The minimum Gasteiger partial charge on any atom is -0.353 e. The molecule has 2 saturated heterocycles. The van der Waals surface area contributed by atoms with E-state index in [1.165, 1.54) is 6.42 Å². The van der Waals surface area contributed by atoms with Gasteiger partial charge in [-0.2, -0.15) is 0 Å². The van der Waals surface area contributed by atoms with Gasteiger partial charge in [0.1, 0.15) is 5.82 Å². The number of anilines is 1. The Morgan fingerprint density at radius 3 is 2.47 bits per heavy atom. The second-order valence-corrected chi connectivity index (χ2v) is 10.3. The van der Waals surface area contributed by atoms with Crippen LogP contribution in [0.3, 0.4) is 0 Å². The predicted octanol–water partition coefficient (Wildman–Crippen LogP) is 3.98. The summed E-state index contributed by atoms with van der Waals surface area (Å²) < 4.78 is 0. The van der Waals surface area contributed by atoms with E-state index in [0.29, 0.717) is 18.4 Å². The van der Waals surface area contributed by atoms with E-state index in [1.54, 1.807) is 11.3 Å². The van der Waals surface area contributed by atoms with Crippen LogP contribution >= 0.6 is 11.3 Å². The number of nitrogens with zero attached hydrogens (tertiary/aromatic N) is 5. The van der Waals surface area contributed by atoms with Gasteiger partial charge in [0, 0.05) is 44.7 Å². The van der Waals surface area contributed by atoms with E-state index < -0.39 is 0 Å². The maximum atomic E-state index is 12.9. The fourth-order valence-corrected chi connectivity index (χ4v) is 5.75. The van der Waals surface area contributed by atoms with Crippen molar-refractivity contribution in [3.63, 3.8) is 0 Å². The number of rotatable bonds is 4. The molecule has 0 aliphatic carbocycles. The first-order chi connectivity index (χ1) is 15.6. The van der Waals surface area contributed by atoms with Gasteiger partial charge in [-0.15, -0.1) is 11.3 Å². The Bertz CT molecular complexity index is 1070. The molecule has 2 aliphatic heterocycles. The lowest BCUT2D eigenvalue weighted by molar-refractivity contribution is -0.135. The maximum absolute atomic E-state index is 12.9. The fraction of sp³-hybridized carbons (Fsp3) is 0.480. The summed E-state index contributed by atoms with van der Waals surface area (Å²) in [5.41, 5.74) is 0.979. The number of hydrogen-bond acceptors (Lipinski definition) is 6. The summed E-state index contributed by atoms with van der Waals surface area (Å²) in [5, 5.41) is 3.15. The summed E-state index contributed by atoms with van der Waals surface area (Å²) in [5.74, 6) is 3.28. The quantitative estimate of drug-likeness (QED) is 0.603. The molecule has 2 aliphatic rings. The first kappa shape index (κ1) is 21.3. The van der Waals surface area contributed by atoms with Crippen molar-refractivity contribution in [1.29, 1.82) is 0 Å². The third kappa shape index (κ3) is 4.50. The van der Waals surface area contributed by atoms with Gasteiger partial charge in [0.2, 0.25) is 5.91 Å². The van der Waals surface area contributed by atoms with Crippen LogP contribution in [0, 0.1) is 11.8 Å². The van der Waals surface area contributed by atoms with Crippen LogP contribution in [-0.2, 0) is 4.79 Å². The third-order valence-corrected chi connectivity index (χ3v) is 7.44. The monoisotopic (exact) mass is 449 g/mol. The number of amides is 1. The van der Waals surface area contributed by atoms with Crippen molar-refractivity contribution in [3.8, 4) is 10.7 Å². The van der Waals surface area contributed by atoms with E-state index in [-0.39, 0.29) is 5.91 Å². The molecule has 3 aromatic rings. The second-order valence-electron chi connectivity index (χ2n) is 9.37. The van der Waals surface area contributed by atoms with E-state index in [0.717, 1.165) is 66.7 Å². The number of benzene rings is 1. The Balaban J connectivity index is 1.29. The normalized spacial score (nSPS) is 22.4. The molecule has 1 amide bonds. The first-order valence-electron chi connectivity index (χ1n) is 11.6. The third-order valence-electron chi connectivity index (χ3n) is 6.58. The molecule has 4 heterocycles.